The molecule has 1 aliphatic rings. The second kappa shape index (κ2) is 4.08. The van der Waals surface area contributed by atoms with Gasteiger partial charge in [0.1, 0.15) is 5.69 Å². The second-order valence-electron chi connectivity index (χ2n) is 4.31. The standard InChI is InChI=1S/C10H14ClN3O2/c11-6-1-8(13-4-6)9(15)14-5-10(16)2-7(12)3-10/h1,4,7,13,16H,2-3,5,12H2,(H,14,15). The Morgan fingerprint density at radius 3 is 2.94 bits per heavy atom. The van der Waals surface area contributed by atoms with Crippen LogP contribution in [0.4, 0.5) is 0 Å². The van der Waals surface area contributed by atoms with Crippen LogP contribution < -0.4 is 11.1 Å². The molecule has 6 heteroatoms. The van der Waals surface area contributed by atoms with Crippen molar-refractivity contribution in [2.45, 2.75) is 24.5 Å². The number of nitrogens with one attached hydrogen (secondary N) is 2. The van der Waals surface area contributed by atoms with Gasteiger partial charge in [0.2, 0.25) is 0 Å². The van der Waals surface area contributed by atoms with Crippen molar-refractivity contribution in [3.05, 3.63) is 23.0 Å². The predicted octanol–water partition coefficient (Wildman–Crippen LogP) is 0.250. The van der Waals surface area contributed by atoms with E-state index in [1.165, 1.54) is 12.3 Å². The molecule has 0 saturated heterocycles. The largest absolute Gasteiger partial charge is 0.388 e. The zero-order chi connectivity index (χ0) is 11.8. The lowest BCUT2D eigenvalue weighted by atomic mass is 9.76. The third-order valence-electron chi connectivity index (χ3n) is 2.75. The van der Waals surface area contributed by atoms with Crippen LogP contribution >= 0.6 is 11.6 Å². The van der Waals surface area contributed by atoms with Gasteiger partial charge in [-0.25, -0.2) is 0 Å². The van der Waals surface area contributed by atoms with Gasteiger partial charge in [0.25, 0.3) is 5.91 Å². The lowest BCUT2D eigenvalue weighted by molar-refractivity contribution is -0.0430. The highest BCUT2D eigenvalue weighted by Gasteiger charge is 2.40. The fourth-order valence-corrected chi connectivity index (χ4v) is 2.06. The van der Waals surface area contributed by atoms with Crippen molar-refractivity contribution >= 4 is 17.5 Å². The average Bonchev–Trinajstić information content (AvgIpc) is 2.59. The van der Waals surface area contributed by atoms with Crippen LogP contribution in [0.2, 0.25) is 5.02 Å². The van der Waals surface area contributed by atoms with Crippen LogP contribution in [0.5, 0.6) is 0 Å². The minimum atomic E-state index is -0.842. The molecular formula is C10H14ClN3O2. The number of nitrogens with two attached hydrogens (primary N) is 1. The first-order chi connectivity index (χ1) is 7.48. The molecule has 0 spiro atoms. The summed E-state index contributed by atoms with van der Waals surface area (Å²) in [5, 5.41) is 13.0. The molecular weight excluding hydrogens is 230 g/mol. The lowest BCUT2D eigenvalue weighted by Gasteiger charge is -2.41. The van der Waals surface area contributed by atoms with Gasteiger partial charge in [-0.3, -0.25) is 4.79 Å². The maximum Gasteiger partial charge on any atom is 0.267 e. The average molecular weight is 244 g/mol. The summed E-state index contributed by atoms with van der Waals surface area (Å²) >= 11 is 5.67. The normalized spacial score (nSPS) is 28.6. The number of aromatic amines is 1. The minimum absolute atomic E-state index is 0.0434. The van der Waals surface area contributed by atoms with Crippen LogP contribution in [-0.4, -0.2) is 34.2 Å². The number of amides is 1. The fraction of sp³-hybridized carbons (Fsp3) is 0.500. The first-order valence-corrected chi connectivity index (χ1v) is 5.46. The lowest BCUT2D eigenvalue weighted by Crippen LogP contribution is -2.57. The van der Waals surface area contributed by atoms with E-state index in [0.29, 0.717) is 23.6 Å². The van der Waals surface area contributed by atoms with Crippen molar-refractivity contribution < 1.29 is 9.90 Å². The Balaban J connectivity index is 1.85. The molecule has 1 amide bonds. The van der Waals surface area contributed by atoms with Crippen molar-refractivity contribution in [2.24, 2.45) is 5.73 Å². The molecule has 0 radical (unpaired) electrons. The van der Waals surface area contributed by atoms with Crippen LogP contribution in [0.1, 0.15) is 23.3 Å². The second-order valence-corrected chi connectivity index (χ2v) is 4.74. The zero-order valence-electron chi connectivity index (χ0n) is 8.66. The van der Waals surface area contributed by atoms with E-state index < -0.39 is 5.60 Å². The highest BCUT2D eigenvalue weighted by atomic mass is 35.5. The number of aromatic nitrogens is 1. The molecule has 16 heavy (non-hydrogen) atoms. The third-order valence-corrected chi connectivity index (χ3v) is 2.97. The number of hydrogen-bond acceptors (Lipinski definition) is 3. The van der Waals surface area contributed by atoms with E-state index in [-0.39, 0.29) is 18.5 Å². The Morgan fingerprint density at radius 1 is 1.75 bits per heavy atom. The molecule has 0 aliphatic heterocycles. The first-order valence-electron chi connectivity index (χ1n) is 5.09. The molecule has 1 aromatic rings. The predicted molar refractivity (Wildman–Crippen MR) is 60.3 cm³/mol. The first kappa shape index (κ1) is 11.4. The van der Waals surface area contributed by atoms with Gasteiger partial charge in [-0.05, 0) is 18.9 Å². The van der Waals surface area contributed by atoms with Gasteiger partial charge in [0.05, 0.1) is 10.6 Å². The molecule has 1 aromatic heterocycles. The number of rotatable bonds is 3. The van der Waals surface area contributed by atoms with E-state index in [9.17, 15) is 9.90 Å². The fourth-order valence-electron chi connectivity index (χ4n) is 1.90. The van der Waals surface area contributed by atoms with Gasteiger partial charge >= 0.3 is 0 Å². The number of carbonyl (C=O) groups is 1. The quantitative estimate of drug-likeness (QED) is 0.613. The van der Waals surface area contributed by atoms with Crippen LogP contribution in [0, 0.1) is 0 Å². The van der Waals surface area contributed by atoms with Crippen LogP contribution in [0.15, 0.2) is 12.3 Å². The van der Waals surface area contributed by atoms with Crippen LogP contribution in [0.3, 0.4) is 0 Å². The molecule has 5 N–H and O–H groups in total. The van der Waals surface area contributed by atoms with Crippen molar-refractivity contribution in [3.8, 4) is 0 Å². The van der Waals surface area contributed by atoms with E-state index in [0.717, 1.165) is 0 Å². The van der Waals surface area contributed by atoms with E-state index in [1.807, 2.05) is 0 Å². The molecule has 0 aromatic carbocycles. The third kappa shape index (κ3) is 2.37. The molecule has 2 rings (SSSR count). The van der Waals surface area contributed by atoms with E-state index in [4.69, 9.17) is 17.3 Å². The van der Waals surface area contributed by atoms with Crippen molar-refractivity contribution in [1.29, 1.82) is 0 Å². The number of carbonyl (C=O) groups excluding carboxylic acids is 1. The minimum Gasteiger partial charge on any atom is -0.388 e. The van der Waals surface area contributed by atoms with E-state index in [1.54, 1.807) is 0 Å². The molecule has 0 atom stereocenters. The molecule has 88 valence electrons. The highest BCUT2D eigenvalue weighted by molar-refractivity contribution is 6.30. The maximum atomic E-state index is 11.6. The summed E-state index contributed by atoms with van der Waals surface area (Å²) in [4.78, 5) is 14.3. The monoisotopic (exact) mass is 243 g/mol. The van der Waals surface area contributed by atoms with Gasteiger partial charge in [0, 0.05) is 18.8 Å². The van der Waals surface area contributed by atoms with Crippen molar-refractivity contribution in [1.82, 2.24) is 10.3 Å². The summed E-state index contributed by atoms with van der Waals surface area (Å²) in [6.45, 7) is 0.218. The summed E-state index contributed by atoms with van der Waals surface area (Å²) in [7, 11) is 0. The van der Waals surface area contributed by atoms with E-state index in [2.05, 4.69) is 10.3 Å². The molecule has 1 saturated carbocycles. The molecule has 1 heterocycles. The molecule has 5 nitrogen and oxygen atoms in total. The molecule has 0 bridgehead atoms. The summed E-state index contributed by atoms with van der Waals surface area (Å²) < 4.78 is 0. The topological polar surface area (TPSA) is 91.1 Å². The van der Waals surface area contributed by atoms with Gasteiger partial charge in [-0.2, -0.15) is 0 Å². The van der Waals surface area contributed by atoms with Gasteiger partial charge in [-0.15, -0.1) is 0 Å². The van der Waals surface area contributed by atoms with Crippen LogP contribution in [-0.2, 0) is 0 Å². The molecule has 0 unspecified atom stereocenters. The van der Waals surface area contributed by atoms with Gasteiger partial charge < -0.3 is 21.1 Å². The van der Waals surface area contributed by atoms with Crippen LogP contribution in [0.25, 0.3) is 0 Å². The number of aliphatic hydroxyl groups is 1. The Kier molecular flexibility index (Phi) is 2.92. The highest BCUT2D eigenvalue weighted by Crippen LogP contribution is 2.29. The van der Waals surface area contributed by atoms with Gasteiger partial charge in [-0.1, -0.05) is 11.6 Å². The Bertz CT molecular complexity index is 399. The van der Waals surface area contributed by atoms with Crippen molar-refractivity contribution in [3.63, 3.8) is 0 Å². The summed E-state index contributed by atoms with van der Waals surface area (Å²) in [6.07, 6.45) is 2.59. The SMILES string of the molecule is NC1CC(O)(CNC(=O)c2cc(Cl)c[nH]2)C1. The van der Waals surface area contributed by atoms with Crippen molar-refractivity contribution in [2.75, 3.05) is 6.54 Å². The number of halogens is 1. The summed E-state index contributed by atoms with van der Waals surface area (Å²) in [5.74, 6) is -0.277. The Labute approximate surface area is 98.0 Å². The molecule has 1 aliphatic carbocycles. The zero-order valence-corrected chi connectivity index (χ0v) is 9.42. The molecule has 1 fully saturated rings. The summed E-state index contributed by atoms with van der Waals surface area (Å²) in [6, 6.07) is 1.58. The summed E-state index contributed by atoms with van der Waals surface area (Å²) in [5.41, 5.74) is 5.12. The van der Waals surface area contributed by atoms with E-state index >= 15 is 0 Å². The Morgan fingerprint density at radius 2 is 2.44 bits per heavy atom. The maximum absolute atomic E-state index is 11.6. The smallest absolute Gasteiger partial charge is 0.267 e. The number of H-pyrrole nitrogens is 1. The van der Waals surface area contributed by atoms with Gasteiger partial charge in [0.15, 0.2) is 0 Å². The number of hydrogen-bond donors (Lipinski definition) is 4. The Hall–Kier alpha value is -1.04.